The van der Waals surface area contributed by atoms with E-state index in [1.165, 1.54) is 13.0 Å². The van der Waals surface area contributed by atoms with Crippen molar-refractivity contribution in [1.82, 2.24) is 0 Å². The largest absolute Gasteiger partial charge is 0.300 e. The highest BCUT2D eigenvalue weighted by Gasteiger charge is 1.99. The van der Waals surface area contributed by atoms with E-state index in [1.54, 1.807) is 6.08 Å². The molecule has 0 bridgehead atoms. The van der Waals surface area contributed by atoms with Crippen LogP contribution >= 0.6 is 0 Å². The molecule has 2 heteroatoms. The zero-order chi connectivity index (χ0) is 13.4. The van der Waals surface area contributed by atoms with Gasteiger partial charge >= 0.3 is 0 Å². The van der Waals surface area contributed by atoms with E-state index in [2.05, 4.69) is 5.92 Å². The van der Waals surface area contributed by atoms with Crippen molar-refractivity contribution in [3.05, 3.63) is 41.5 Å². The summed E-state index contributed by atoms with van der Waals surface area (Å²) in [6, 6.07) is 7.72. The number of carbonyl (C=O) groups excluding carboxylic acids is 2. The van der Waals surface area contributed by atoms with Crippen molar-refractivity contribution in [2.75, 3.05) is 0 Å². The third kappa shape index (κ3) is 5.27. The molecule has 0 aliphatic rings. The Morgan fingerprint density at radius 3 is 2.44 bits per heavy atom. The average molecular weight is 240 g/mol. The minimum atomic E-state index is -0.0297. The van der Waals surface area contributed by atoms with Crippen LogP contribution in [0.2, 0.25) is 0 Å². The molecule has 0 spiro atoms. The van der Waals surface area contributed by atoms with Crippen LogP contribution in [-0.2, 0) is 16.0 Å². The number of hydrogen-bond donors (Lipinski definition) is 0. The Bertz CT molecular complexity index is 487. The molecule has 0 radical (unpaired) electrons. The number of Topliss-reactive ketones (excluding diaryl/α,β-unsaturated/α-hetero) is 1. The first-order chi connectivity index (χ1) is 8.61. The predicted octanol–water partition coefficient (Wildman–Crippen LogP) is 2.81. The molecule has 0 heterocycles. The molecule has 0 saturated carbocycles. The minimum absolute atomic E-state index is 0.0297. The van der Waals surface area contributed by atoms with E-state index in [0.717, 1.165) is 11.1 Å². The molecule has 1 rings (SSSR count). The van der Waals surface area contributed by atoms with Crippen LogP contribution in [0, 0.1) is 12.3 Å². The van der Waals surface area contributed by atoms with E-state index in [4.69, 9.17) is 6.42 Å². The fraction of sp³-hybridized carbons (Fsp3) is 0.250. The van der Waals surface area contributed by atoms with Crippen LogP contribution in [0.4, 0.5) is 0 Å². The van der Waals surface area contributed by atoms with Gasteiger partial charge in [0.1, 0.15) is 5.78 Å². The van der Waals surface area contributed by atoms with Crippen molar-refractivity contribution >= 4 is 17.6 Å². The highest BCUT2D eigenvalue weighted by atomic mass is 16.1. The Balaban J connectivity index is 2.54. The lowest BCUT2D eigenvalue weighted by atomic mass is 10.1. The zero-order valence-electron chi connectivity index (χ0n) is 10.5. The molecular weight excluding hydrogens is 224 g/mol. The Morgan fingerprint density at radius 2 is 1.89 bits per heavy atom. The van der Waals surface area contributed by atoms with E-state index in [0.29, 0.717) is 12.8 Å². The molecular formula is C16H16O2. The van der Waals surface area contributed by atoms with Gasteiger partial charge in [0.2, 0.25) is 0 Å². The molecule has 1 aromatic carbocycles. The second kappa shape index (κ2) is 7.24. The summed E-state index contributed by atoms with van der Waals surface area (Å²) in [6.07, 6.45) is 9.68. The summed E-state index contributed by atoms with van der Waals surface area (Å²) < 4.78 is 0. The van der Waals surface area contributed by atoms with Gasteiger partial charge in [0.15, 0.2) is 5.78 Å². The number of terminal acetylenes is 1. The molecule has 0 aromatic heterocycles. The SMILES string of the molecule is C#CCc1ccc(/C=C/C(=O)CCC(C)=O)cc1. The van der Waals surface area contributed by atoms with Crippen molar-refractivity contribution in [2.24, 2.45) is 0 Å². The highest BCUT2D eigenvalue weighted by Crippen LogP contribution is 2.07. The molecule has 0 aliphatic heterocycles. The van der Waals surface area contributed by atoms with Gasteiger partial charge in [-0.2, -0.15) is 0 Å². The normalized spacial score (nSPS) is 10.2. The Morgan fingerprint density at radius 1 is 1.22 bits per heavy atom. The Kier molecular flexibility index (Phi) is 5.60. The zero-order valence-corrected chi connectivity index (χ0v) is 10.5. The van der Waals surface area contributed by atoms with E-state index in [9.17, 15) is 9.59 Å². The van der Waals surface area contributed by atoms with Crippen LogP contribution in [0.5, 0.6) is 0 Å². The lowest BCUT2D eigenvalue weighted by molar-refractivity contribution is -0.120. The summed E-state index contributed by atoms with van der Waals surface area (Å²) in [5.74, 6) is 2.58. The molecule has 0 N–H and O–H groups in total. The summed E-state index contributed by atoms with van der Waals surface area (Å²) >= 11 is 0. The van der Waals surface area contributed by atoms with Crippen molar-refractivity contribution < 1.29 is 9.59 Å². The van der Waals surface area contributed by atoms with E-state index in [1.807, 2.05) is 24.3 Å². The molecule has 0 amide bonds. The summed E-state index contributed by atoms with van der Waals surface area (Å²) in [5.41, 5.74) is 2.03. The maximum atomic E-state index is 11.4. The maximum Gasteiger partial charge on any atom is 0.156 e. The van der Waals surface area contributed by atoms with Gasteiger partial charge in [0.05, 0.1) is 0 Å². The van der Waals surface area contributed by atoms with Gasteiger partial charge < -0.3 is 4.79 Å². The van der Waals surface area contributed by atoms with Gasteiger partial charge in [-0.1, -0.05) is 30.3 Å². The summed E-state index contributed by atoms with van der Waals surface area (Å²) in [7, 11) is 0. The first-order valence-corrected chi connectivity index (χ1v) is 5.84. The van der Waals surface area contributed by atoms with Gasteiger partial charge in [0, 0.05) is 19.3 Å². The number of carbonyl (C=O) groups is 2. The molecule has 18 heavy (non-hydrogen) atoms. The smallest absolute Gasteiger partial charge is 0.156 e. The Hall–Kier alpha value is -2.14. The van der Waals surface area contributed by atoms with Crippen molar-refractivity contribution in [1.29, 1.82) is 0 Å². The molecule has 92 valence electrons. The number of allylic oxidation sites excluding steroid dienone is 1. The molecule has 2 nitrogen and oxygen atoms in total. The minimum Gasteiger partial charge on any atom is -0.300 e. The van der Waals surface area contributed by atoms with Crippen LogP contribution in [0.3, 0.4) is 0 Å². The number of ketones is 2. The van der Waals surface area contributed by atoms with Crippen molar-refractivity contribution in [3.63, 3.8) is 0 Å². The quantitative estimate of drug-likeness (QED) is 0.566. The van der Waals surface area contributed by atoms with Gasteiger partial charge in [-0.05, 0) is 24.1 Å². The van der Waals surface area contributed by atoms with Crippen molar-refractivity contribution in [3.8, 4) is 12.3 Å². The third-order valence-corrected chi connectivity index (χ3v) is 2.47. The molecule has 0 aliphatic carbocycles. The van der Waals surface area contributed by atoms with E-state index < -0.39 is 0 Å². The fourth-order valence-electron chi connectivity index (χ4n) is 1.44. The molecule has 1 aromatic rings. The first-order valence-electron chi connectivity index (χ1n) is 5.84. The van der Waals surface area contributed by atoms with Gasteiger partial charge in [-0.15, -0.1) is 12.3 Å². The summed E-state index contributed by atoms with van der Waals surface area (Å²) in [5, 5.41) is 0. The fourth-order valence-corrected chi connectivity index (χ4v) is 1.44. The third-order valence-electron chi connectivity index (χ3n) is 2.47. The predicted molar refractivity (Wildman–Crippen MR) is 72.9 cm³/mol. The van der Waals surface area contributed by atoms with E-state index >= 15 is 0 Å². The monoisotopic (exact) mass is 240 g/mol. The van der Waals surface area contributed by atoms with Gasteiger partial charge in [-0.25, -0.2) is 0 Å². The Labute approximate surface area is 108 Å². The van der Waals surface area contributed by atoms with Crippen LogP contribution < -0.4 is 0 Å². The molecule has 0 fully saturated rings. The van der Waals surface area contributed by atoms with Crippen molar-refractivity contribution in [2.45, 2.75) is 26.2 Å². The summed E-state index contributed by atoms with van der Waals surface area (Å²) in [4.78, 5) is 22.2. The van der Waals surface area contributed by atoms with Crippen LogP contribution in [0.25, 0.3) is 6.08 Å². The lowest BCUT2D eigenvalue weighted by Gasteiger charge is -1.97. The highest BCUT2D eigenvalue weighted by molar-refractivity contribution is 5.95. The number of rotatable bonds is 6. The standard InChI is InChI=1S/C16H16O2/c1-3-4-14-6-8-15(9-7-14)10-12-16(18)11-5-13(2)17/h1,6-10,12H,4-5,11H2,2H3/b12-10+. The maximum absolute atomic E-state index is 11.4. The van der Waals surface area contributed by atoms with Crippen LogP contribution in [0.1, 0.15) is 30.9 Å². The summed E-state index contributed by atoms with van der Waals surface area (Å²) in [6.45, 7) is 1.49. The van der Waals surface area contributed by atoms with Gasteiger partial charge in [0.25, 0.3) is 0 Å². The van der Waals surface area contributed by atoms with Gasteiger partial charge in [-0.3, -0.25) is 4.79 Å². The first kappa shape index (κ1) is 13.9. The second-order valence-electron chi connectivity index (χ2n) is 4.12. The van der Waals surface area contributed by atoms with Crippen LogP contribution in [0.15, 0.2) is 30.3 Å². The van der Waals surface area contributed by atoms with Crippen LogP contribution in [-0.4, -0.2) is 11.6 Å². The van der Waals surface area contributed by atoms with E-state index in [-0.39, 0.29) is 18.0 Å². The molecule has 0 saturated heterocycles. The lowest BCUT2D eigenvalue weighted by Crippen LogP contribution is -1.97. The topological polar surface area (TPSA) is 34.1 Å². The molecule has 0 atom stereocenters. The average Bonchev–Trinajstić information content (AvgIpc) is 2.36. The number of hydrogen-bond acceptors (Lipinski definition) is 2. The second-order valence-corrected chi connectivity index (χ2v) is 4.12. The number of benzene rings is 1. The molecule has 0 unspecified atom stereocenters.